The number of rotatable bonds is 5. The number of fused-ring (bicyclic) bond motifs is 7. The van der Waals surface area contributed by atoms with Crippen molar-refractivity contribution in [2.24, 2.45) is 56.7 Å². The summed E-state index contributed by atoms with van der Waals surface area (Å²) in [6.07, 6.45) is 11.7. The van der Waals surface area contributed by atoms with Crippen LogP contribution in [-0.2, 0) is 16.1 Å². The Morgan fingerprint density at radius 3 is 2.47 bits per heavy atom. The van der Waals surface area contributed by atoms with E-state index in [0.29, 0.717) is 41.1 Å². The molecule has 1 aromatic carbocycles. The summed E-state index contributed by atoms with van der Waals surface area (Å²) in [5.41, 5.74) is 2.30. The van der Waals surface area contributed by atoms with Crippen LogP contribution in [0, 0.1) is 56.7 Å². The number of benzene rings is 1. The number of ether oxygens (including phenoxy) is 1. The smallest absolute Gasteiger partial charge is 0.312 e. The number of carbonyl (C=O) groups is 1. The van der Waals surface area contributed by atoms with Crippen LogP contribution in [0.2, 0.25) is 5.02 Å². The quantitative estimate of drug-likeness (QED) is 0.255. The van der Waals surface area contributed by atoms with Crippen LogP contribution >= 0.6 is 11.6 Å². The van der Waals surface area contributed by atoms with Crippen molar-refractivity contribution in [1.82, 2.24) is 20.2 Å². The Bertz CT molecular complexity index is 1550. The Morgan fingerprint density at radius 1 is 0.979 bits per heavy atom. The Kier molecular flexibility index (Phi) is 8.07. The van der Waals surface area contributed by atoms with E-state index in [1.807, 2.05) is 24.3 Å². The van der Waals surface area contributed by atoms with Crippen LogP contribution in [0.4, 0.5) is 0 Å². The van der Waals surface area contributed by atoms with Gasteiger partial charge < -0.3 is 9.84 Å². The predicted octanol–water partition coefficient (Wildman–Crippen LogP) is 8.56. The lowest BCUT2D eigenvalue weighted by molar-refractivity contribution is -0.207. The fraction of sp³-hybridized carbons (Fsp3) is 0.744. The van der Waals surface area contributed by atoms with E-state index in [4.69, 9.17) is 16.3 Å². The summed E-state index contributed by atoms with van der Waals surface area (Å²) in [5.74, 6) is 2.88. The third-order valence-corrected chi connectivity index (χ3v) is 15.8. The molecule has 5 aliphatic carbocycles. The highest BCUT2D eigenvalue weighted by Gasteiger charge is 2.69. The van der Waals surface area contributed by atoms with Crippen molar-refractivity contribution in [3.05, 3.63) is 40.9 Å². The zero-order valence-electron chi connectivity index (χ0n) is 29.6. The molecule has 1 N–H and O–H groups in total. The number of tetrazole rings is 1. The summed E-state index contributed by atoms with van der Waals surface area (Å²) in [7, 11) is 0. The first-order valence-electron chi connectivity index (χ1n) is 18.3. The van der Waals surface area contributed by atoms with Crippen molar-refractivity contribution in [2.45, 2.75) is 119 Å². The number of allylic oxidation sites excluding steroid dienone is 2. The number of hydrogen-bond acceptors (Lipinski definition) is 6. The molecule has 5 aliphatic rings. The largest absolute Gasteiger partial charge is 0.463 e. The van der Waals surface area contributed by atoms with Gasteiger partial charge >= 0.3 is 5.97 Å². The predicted molar refractivity (Wildman–Crippen MR) is 184 cm³/mol. The molecule has 0 aliphatic heterocycles. The van der Waals surface area contributed by atoms with Crippen LogP contribution in [-0.4, -0.2) is 44.0 Å². The molecule has 1 aromatic heterocycles. The van der Waals surface area contributed by atoms with Gasteiger partial charge in [-0.3, -0.25) is 4.79 Å². The van der Waals surface area contributed by atoms with Crippen molar-refractivity contribution in [3.63, 3.8) is 0 Å². The third kappa shape index (κ3) is 4.75. The van der Waals surface area contributed by atoms with Crippen LogP contribution in [0.25, 0.3) is 11.4 Å². The molecule has 7 nitrogen and oxygen atoms in total. The van der Waals surface area contributed by atoms with Crippen LogP contribution in [0.1, 0.15) is 106 Å². The highest BCUT2D eigenvalue weighted by atomic mass is 35.5. The number of aliphatic hydroxyl groups is 1. The highest BCUT2D eigenvalue weighted by Crippen LogP contribution is 2.75. The molecule has 0 bridgehead atoms. The molecule has 0 unspecified atom stereocenters. The van der Waals surface area contributed by atoms with Gasteiger partial charge in [-0.15, -0.1) is 5.10 Å². The van der Waals surface area contributed by atoms with Crippen molar-refractivity contribution in [3.8, 4) is 11.4 Å². The lowest BCUT2D eigenvalue weighted by atomic mass is 9.33. The van der Waals surface area contributed by atoms with Crippen LogP contribution < -0.4 is 0 Å². The summed E-state index contributed by atoms with van der Waals surface area (Å²) in [6.45, 7) is 17.8. The molecule has 0 saturated heterocycles. The molecule has 0 spiro atoms. The Balaban J connectivity index is 1.16. The monoisotopic (exact) mass is 662 g/mol. The summed E-state index contributed by atoms with van der Waals surface area (Å²) in [4.78, 5) is 14.5. The van der Waals surface area contributed by atoms with E-state index in [9.17, 15) is 9.90 Å². The average molecular weight is 663 g/mol. The van der Waals surface area contributed by atoms with Gasteiger partial charge in [0.05, 0.1) is 18.1 Å². The minimum absolute atomic E-state index is 0.0312. The first-order chi connectivity index (χ1) is 22.2. The number of hydrogen-bond donors (Lipinski definition) is 1. The molecule has 1 heterocycles. The van der Waals surface area contributed by atoms with Gasteiger partial charge in [0, 0.05) is 10.6 Å². The molecule has 2 aromatic rings. The van der Waals surface area contributed by atoms with Gasteiger partial charge in [-0.1, -0.05) is 71.7 Å². The number of esters is 1. The second kappa shape index (κ2) is 11.4. The topological polar surface area (TPSA) is 90.1 Å². The molecule has 8 heteroatoms. The lowest BCUT2D eigenvalue weighted by Gasteiger charge is -2.71. The van der Waals surface area contributed by atoms with Crippen LogP contribution in [0.15, 0.2) is 35.9 Å². The first kappa shape index (κ1) is 33.3. The average Bonchev–Trinajstić information content (AvgIpc) is 3.50. The van der Waals surface area contributed by atoms with Crippen molar-refractivity contribution in [1.29, 1.82) is 0 Å². The number of halogens is 1. The first-order valence-corrected chi connectivity index (χ1v) is 18.6. The number of carbonyl (C=O) groups excluding carboxylic acids is 1. The van der Waals surface area contributed by atoms with Gasteiger partial charge in [-0.25, -0.2) is 4.68 Å². The Labute approximate surface area is 286 Å². The lowest BCUT2D eigenvalue weighted by Crippen LogP contribution is -2.65. The molecule has 4 saturated carbocycles. The Hall–Kier alpha value is -2.25. The normalized spacial score (nSPS) is 42.3. The van der Waals surface area contributed by atoms with E-state index in [-0.39, 0.29) is 46.3 Å². The summed E-state index contributed by atoms with van der Waals surface area (Å²) >= 11 is 6.09. The molecule has 256 valence electrons. The van der Waals surface area contributed by atoms with Crippen molar-refractivity contribution < 1.29 is 14.6 Å². The minimum Gasteiger partial charge on any atom is -0.463 e. The second-order valence-electron chi connectivity index (χ2n) is 17.5. The summed E-state index contributed by atoms with van der Waals surface area (Å²) in [5, 5.41) is 24.0. The van der Waals surface area contributed by atoms with Crippen molar-refractivity contribution in [2.75, 3.05) is 6.61 Å². The van der Waals surface area contributed by atoms with Crippen molar-refractivity contribution >= 4 is 17.6 Å². The van der Waals surface area contributed by atoms with Gasteiger partial charge in [0.2, 0.25) is 0 Å². The molecule has 10 atom stereocenters. The zero-order chi connectivity index (χ0) is 33.6. The highest BCUT2D eigenvalue weighted by molar-refractivity contribution is 6.30. The van der Waals surface area contributed by atoms with E-state index >= 15 is 0 Å². The molecule has 0 radical (unpaired) electrons. The third-order valence-electron chi connectivity index (χ3n) is 15.5. The fourth-order valence-electron chi connectivity index (χ4n) is 12.4. The number of nitrogens with zero attached hydrogens (tertiary/aromatic N) is 4. The molecule has 47 heavy (non-hydrogen) atoms. The number of aliphatic hydroxyl groups excluding tert-OH is 1. The maximum atomic E-state index is 14.5. The molecule has 7 rings (SSSR count). The van der Waals surface area contributed by atoms with Gasteiger partial charge in [0.1, 0.15) is 6.61 Å². The standard InChI is InChI=1S/C39H55ClN4O3/c1-24-14-19-39(34(46)47-23-22-44-33(41-42-43-44)26-8-10-27(40)11-9-26)21-20-37(6)28(32(39)25(24)2)12-13-30-36(5)17-16-31(45)35(3,4)29(36)15-18-38(30,37)7/h8-12,24-25,29-32,45H,13-23H2,1-7H3/t24-,25+,29+,30-,31+,32+,36+,37-,38-,39+/m1/s1. The van der Waals surface area contributed by atoms with E-state index in [1.165, 1.54) is 12.8 Å². The van der Waals surface area contributed by atoms with Crippen LogP contribution in [0.5, 0.6) is 0 Å². The fourth-order valence-corrected chi connectivity index (χ4v) is 12.5. The van der Waals surface area contributed by atoms with E-state index in [0.717, 1.165) is 50.5 Å². The molecule has 4 fully saturated rings. The molecular weight excluding hydrogens is 608 g/mol. The van der Waals surface area contributed by atoms with Crippen LogP contribution in [0.3, 0.4) is 0 Å². The van der Waals surface area contributed by atoms with Gasteiger partial charge in [-0.2, -0.15) is 0 Å². The number of aromatic nitrogens is 4. The van der Waals surface area contributed by atoms with E-state index in [1.54, 1.807) is 10.3 Å². The summed E-state index contributed by atoms with van der Waals surface area (Å²) in [6, 6.07) is 7.45. The van der Waals surface area contributed by atoms with E-state index < -0.39 is 5.41 Å². The zero-order valence-corrected chi connectivity index (χ0v) is 30.3. The SMILES string of the molecule is C[C@H]1[C@H](C)CC[C@]2(C(=O)OCCn3nnnc3-c3ccc(Cl)cc3)CC[C@]3(C)C(=CC[C@@H]4[C@@]5(C)CC[C@H](O)C(C)(C)[C@@H]5CC[C@]43C)[C@H]12. The minimum atomic E-state index is -0.488. The molecular formula is C39H55ClN4O3. The van der Waals surface area contributed by atoms with E-state index in [2.05, 4.69) is 70.1 Å². The maximum Gasteiger partial charge on any atom is 0.312 e. The van der Waals surface area contributed by atoms with Gasteiger partial charge in [-0.05, 0) is 144 Å². The second-order valence-corrected chi connectivity index (χ2v) is 18.0. The Morgan fingerprint density at radius 2 is 1.72 bits per heavy atom. The molecule has 0 amide bonds. The van der Waals surface area contributed by atoms with Gasteiger partial charge in [0.15, 0.2) is 5.82 Å². The maximum absolute atomic E-state index is 14.5. The van der Waals surface area contributed by atoms with Gasteiger partial charge in [0.25, 0.3) is 0 Å². The summed E-state index contributed by atoms with van der Waals surface area (Å²) < 4.78 is 7.96.